The van der Waals surface area contributed by atoms with E-state index >= 15 is 0 Å². The van der Waals surface area contributed by atoms with Crippen molar-refractivity contribution >= 4 is 223 Å². The fourth-order valence-corrected chi connectivity index (χ4v) is 23.8. The molecule has 28 rings (SSSR count). The lowest BCUT2D eigenvalue weighted by atomic mass is 9.30. The average Bonchev–Trinajstić information content (AvgIpc) is 0.685. The van der Waals surface area contributed by atoms with E-state index < -0.39 is 0 Å². The molecule has 0 saturated heterocycles. The Bertz CT molecular complexity index is 8610. The Balaban J connectivity index is 0.625. The molecule has 9 nitrogen and oxygen atoms in total. The first-order chi connectivity index (χ1) is 71.5. The number of benzene rings is 22. The van der Waals surface area contributed by atoms with Crippen LogP contribution in [0.15, 0.2) is 546 Å². The Morgan fingerprint density at radius 2 is 0.347 bits per heavy atom. The van der Waals surface area contributed by atoms with Crippen LogP contribution in [0.3, 0.4) is 0 Å². The minimum absolute atomic E-state index is 0.143. The summed E-state index contributed by atoms with van der Waals surface area (Å²) in [4.78, 5) is 22.6. The summed E-state index contributed by atoms with van der Waals surface area (Å²) in [5.41, 5.74) is 47.1. The molecule has 12 heteroatoms. The minimum Gasteiger partial charge on any atom is -0.311 e. The Hall–Kier alpha value is -18.8. The van der Waals surface area contributed by atoms with E-state index in [1.807, 2.05) is 0 Å². The van der Waals surface area contributed by atoms with Crippen LogP contribution in [-0.4, -0.2) is 20.1 Å². The Morgan fingerprint density at radius 1 is 0.118 bits per heavy atom. The normalized spacial score (nSPS) is 12.9. The second kappa shape index (κ2) is 34.7. The number of fused-ring (bicyclic) bond motifs is 12. The summed E-state index contributed by atoms with van der Waals surface area (Å²) in [6.45, 7) is -0.593. The third-order valence-electron chi connectivity index (χ3n) is 29.8. The van der Waals surface area contributed by atoms with E-state index in [1.165, 1.54) is 60.3 Å². The van der Waals surface area contributed by atoms with Crippen LogP contribution in [0.5, 0.6) is 0 Å². The number of hydrogen-bond acceptors (Lipinski definition) is 9. The first-order valence-corrected chi connectivity index (χ1v) is 49.7. The third-order valence-corrected chi connectivity index (χ3v) is 29.8. The largest absolute Gasteiger partial charge is 0.311 e. The van der Waals surface area contributed by atoms with Gasteiger partial charge in [-0.3, -0.25) is 0 Å². The number of hydrogen-bond donors (Lipinski definition) is 0. The zero-order valence-electron chi connectivity index (χ0n) is 78.7. The van der Waals surface area contributed by atoms with Gasteiger partial charge in [0.25, 0.3) is 20.1 Å². The van der Waals surface area contributed by atoms with Gasteiger partial charge < -0.3 is 44.1 Å². The molecule has 0 unspecified atom stereocenters. The Morgan fingerprint density at radius 3 is 0.736 bits per heavy atom. The van der Waals surface area contributed by atoms with Gasteiger partial charge in [0, 0.05) is 142 Å². The van der Waals surface area contributed by atoms with Crippen molar-refractivity contribution in [3.05, 3.63) is 546 Å². The quantitative estimate of drug-likeness (QED) is 0.0780. The summed E-state index contributed by atoms with van der Waals surface area (Å²) in [7, 11) is 0. The van der Waals surface area contributed by atoms with Gasteiger partial charge in [0.2, 0.25) is 0 Å². The van der Waals surface area contributed by atoms with Gasteiger partial charge in [-0.2, -0.15) is 0 Å². The monoisotopic (exact) mass is 1830 g/mol. The Labute approximate surface area is 840 Å². The standard InChI is InChI=1S/C132H90B3N9/c1-12-41-91(42-13-1)94-45-38-65-107(81-94)143-120-71-40-72-121-130(120)133(114-79-75-96(83-122(114)143)92-43-14-2-15-44-92)115-80-78-109(136(97-47-16-3-17-48-97)98-49-18-4-19-50-98)84-123(115)144(121)108-66-39-46-95(82-108)93-73-76-106(77-74-93)138(101-55-24-7-25-56-101)111-86-127-132-129(88-111)142(105-63-32-11-33-64-105)125-90-124-116(89-117(125)135(132)113-68-35-37-70-119(113)140(127)103-59-28-9-29-60-103)134-112-67-34-36-69-118(112)139(102-57-26-8-27-58-102)126-85-110(87-128(131(126)134)141(124)104-61-30-10-31-62-104)137(99-51-20-5-21-52-99)100-53-22-6-23-54-100/h1-90H. The van der Waals surface area contributed by atoms with Crippen molar-refractivity contribution in [3.63, 3.8) is 0 Å². The third kappa shape index (κ3) is 13.8. The summed E-state index contributed by atoms with van der Waals surface area (Å²) in [5.74, 6) is 0. The van der Waals surface area contributed by atoms with E-state index in [9.17, 15) is 0 Å². The average molecular weight is 1830 g/mol. The highest BCUT2D eigenvalue weighted by atomic mass is 15.2. The lowest BCUT2D eigenvalue weighted by molar-refractivity contribution is 1.21. The maximum atomic E-state index is 2.64. The molecule has 144 heavy (non-hydrogen) atoms. The molecule has 0 spiro atoms. The van der Waals surface area contributed by atoms with Crippen molar-refractivity contribution in [2.45, 2.75) is 0 Å². The van der Waals surface area contributed by atoms with Crippen molar-refractivity contribution in [2.24, 2.45) is 0 Å². The molecule has 0 aromatic heterocycles. The van der Waals surface area contributed by atoms with E-state index in [1.54, 1.807) is 0 Å². The van der Waals surface area contributed by atoms with Crippen LogP contribution in [-0.2, 0) is 0 Å². The lowest BCUT2D eigenvalue weighted by Crippen LogP contribution is -2.65. The maximum Gasteiger partial charge on any atom is 0.252 e. The molecule has 6 heterocycles. The molecule has 0 saturated carbocycles. The molecule has 0 amide bonds. The molecule has 22 aromatic carbocycles. The molecule has 0 atom stereocenters. The predicted octanol–water partition coefficient (Wildman–Crippen LogP) is 29.3. The minimum atomic E-state index is -0.241. The highest BCUT2D eigenvalue weighted by Gasteiger charge is 2.51. The maximum absolute atomic E-state index is 2.64. The van der Waals surface area contributed by atoms with Crippen LogP contribution in [0.1, 0.15) is 0 Å². The molecule has 0 aliphatic carbocycles. The van der Waals surface area contributed by atoms with Crippen molar-refractivity contribution in [3.8, 4) is 33.4 Å². The number of para-hydroxylation sites is 11. The zero-order chi connectivity index (χ0) is 94.8. The smallest absolute Gasteiger partial charge is 0.252 e. The molecule has 672 valence electrons. The van der Waals surface area contributed by atoms with Gasteiger partial charge in [-0.15, -0.1) is 0 Å². The summed E-state index contributed by atoms with van der Waals surface area (Å²) < 4.78 is 0. The van der Waals surface area contributed by atoms with Crippen molar-refractivity contribution < 1.29 is 0 Å². The van der Waals surface area contributed by atoms with Crippen molar-refractivity contribution in [2.75, 3.05) is 44.1 Å². The van der Waals surface area contributed by atoms with Crippen LogP contribution in [0.2, 0.25) is 0 Å². The first kappa shape index (κ1) is 83.4. The zero-order valence-corrected chi connectivity index (χ0v) is 78.7. The summed E-state index contributed by atoms with van der Waals surface area (Å²) in [5, 5.41) is 0. The molecule has 6 aliphatic rings. The molecule has 0 bridgehead atoms. The summed E-state index contributed by atoms with van der Waals surface area (Å²) in [6, 6.07) is 203. The van der Waals surface area contributed by atoms with Gasteiger partial charge in [0.1, 0.15) is 0 Å². The van der Waals surface area contributed by atoms with Crippen LogP contribution in [0.4, 0.5) is 154 Å². The summed E-state index contributed by atoms with van der Waals surface area (Å²) >= 11 is 0. The molecule has 0 fully saturated rings. The van der Waals surface area contributed by atoms with Crippen LogP contribution in [0, 0.1) is 0 Å². The molecule has 0 radical (unpaired) electrons. The second-order valence-electron chi connectivity index (χ2n) is 37.8. The fraction of sp³-hybridized carbons (Fsp3) is 0. The van der Waals surface area contributed by atoms with Gasteiger partial charge in [-0.25, -0.2) is 0 Å². The number of nitrogens with zero attached hydrogens (tertiary/aromatic N) is 9. The van der Waals surface area contributed by atoms with Crippen molar-refractivity contribution in [1.29, 1.82) is 0 Å². The van der Waals surface area contributed by atoms with Gasteiger partial charge in [-0.05, 0) is 301 Å². The topological polar surface area (TPSA) is 29.2 Å². The van der Waals surface area contributed by atoms with E-state index in [0.29, 0.717) is 0 Å². The molecule has 6 aliphatic heterocycles. The van der Waals surface area contributed by atoms with E-state index in [2.05, 4.69) is 590 Å². The Kier molecular flexibility index (Phi) is 20.1. The van der Waals surface area contributed by atoms with Crippen LogP contribution < -0.4 is 93.3 Å². The van der Waals surface area contributed by atoms with Gasteiger partial charge in [0.05, 0.1) is 11.4 Å². The van der Waals surface area contributed by atoms with E-state index in [0.717, 1.165) is 176 Å². The first-order valence-electron chi connectivity index (χ1n) is 49.7. The molecular weight excluding hydrogens is 1740 g/mol. The number of rotatable bonds is 18. The molecule has 22 aromatic rings. The highest BCUT2D eigenvalue weighted by molar-refractivity contribution is 7.03. The van der Waals surface area contributed by atoms with Crippen LogP contribution in [0.25, 0.3) is 33.4 Å². The van der Waals surface area contributed by atoms with Gasteiger partial charge in [-0.1, -0.05) is 328 Å². The van der Waals surface area contributed by atoms with E-state index in [4.69, 9.17) is 0 Å². The van der Waals surface area contributed by atoms with Gasteiger partial charge >= 0.3 is 0 Å². The fourth-order valence-electron chi connectivity index (χ4n) is 23.8. The highest BCUT2D eigenvalue weighted by Crippen LogP contribution is 2.55. The summed E-state index contributed by atoms with van der Waals surface area (Å²) in [6.07, 6.45) is 0. The lowest BCUT2D eigenvalue weighted by Gasteiger charge is -2.47. The molecular formula is C132H90B3N9. The molecule has 0 N–H and O–H groups in total. The second-order valence-corrected chi connectivity index (χ2v) is 37.8. The van der Waals surface area contributed by atoms with E-state index in [-0.39, 0.29) is 20.1 Å². The predicted molar refractivity (Wildman–Crippen MR) is 609 cm³/mol. The SMILES string of the molecule is c1ccc(-c2cccc(N3c4cc(-c5ccccc5)ccc4B4c5ccc(N(c6ccccc6)c6ccccc6)cc5N(c5cccc(-c6ccc(N(c7ccccc7)c7cc8c9c(c7)N(c7ccccc7)c7cc%10c(cc7B9c7ccccc7N8c7ccccc7)B7c8ccccc8N(c8ccccc8)c8cc(N(c9ccccc9)c9ccccc9)cc(c87)N%10c7ccccc7)cc6)c5)c5cccc3c54)c2)cc1. The number of anilines is 27. The van der Waals surface area contributed by atoms with Crippen LogP contribution >= 0.6 is 0 Å². The van der Waals surface area contributed by atoms with Crippen molar-refractivity contribution in [1.82, 2.24) is 0 Å². The van der Waals surface area contributed by atoms with Gasteiger partial charge in [0.15, 0.2) is 0 Å².